The maximum Gasteiger partial charge on any atom is 0.330 e. The van der Waals surface area contributed by atoms with Crippen LogP contribution in [0, 0.1) is 5.41 Å². The monoisotopic (exact) mass is 573 g/mol. The molecular weight excluding hydrogens is 533 g/mol. The van der Waals surface area contributed by atoms with Crippen LogP contribution in [-0.4, -0.2) is 48.8 Å². The third-order valence-corrected chi connectivity index (χ3v) is 6.62. The Labute approximate surface area is 236 Å². The van der Waals surface area contributed by atoms with E-state index in [4.69, 9.17) is 18.5 Å². The summed E-state index contributed by atoms with van der Waals surface area (Å²) in [6, 6.07) is 14.9. The number of aldehydes is 1. The van der Waals surface area contributed by atoms with E-state index in [0.29, 0.717) is 24.0 Å². The van der Waals surface area contributed by atoms with E-state index < -0.39 is 26.0 Å². The third-order valence-electron chi connectivity index (χ3n) is 5.44. The number of methoxy groups -OCH3 is 1. The molecule has 1 aromatic heterocycles. The van der Waals surface area contributed by atoms with Gasteiger partial charge in [-0.05, 0) is 29.7 Å². The molecule has 2 N–H and O–H groups in total. The minimum Gasteiger partial charge on any atom is -0.435 e. The van der Waals surface area contributed by atoms with Gasteiger partial charge in [-0.2, -0.15) is 0 Å². The predicted octanol–water partition coefficient (Wildman–Crippen LogP) is 4.96. The van der Waals surface area contributed by atoms with Gasteiger partial charge < -0.3 is 23.3 Å². The van der Waals surface area contributed by atoms with Crippen LogP contribution in [0.15, 0.2) is 77.5 Å². The van der Waals surface area contributed by atoms with E-state index >= 15 is 0 Å². The number of nitrogens with one attached hydrogen (secondary N) is 2. The smallest absolute Gasteiger partial charge is 0.330 e. The summed E-state index contributed by atoms with van der Waals surface area (Å²) in [5.41, 5.74) is -0.626. The standard InChI is InChI=1S/C21H22N3O6P.C6H14O.C2H4/c25-13-11-22-31(30-18-7-3-5-15-4-1-2-6-17(15)18)28-14-16-8-9-20(29-16)24-12-10-19(26)23-21(24)27;1-6(2,3)5-7-4;1-2/h1-7,10,12-13,16,20,22H,8-9,11,14H2,(H,23,26,27);5H2,1-4H3;1-2H2. The Morgan fingerprint density at radius 2 is 1.85 bits per heavy atom. The summed E-state index contributed by atoms with van der Waals surface area (Å²) in [6.07, 6.45) is 2.76. The van der Waals surface area contributed by atoms with Crippen molar-refractivity contribution in [3.8, 4) is 5.75 Å². The Balaban J connectivity index is 0.000000545. The van der Waals surface area contributed by atoms with E-state index in [0.717, 1.165) is 23.7 Å². The molecule has 218 valence electrons. The molecule has 1 fully saturated rings. The highest BCUT2D eigenvalue weighted by atomic mass is 31.2. The number of rotatable bonds is 10. The second kappa shape index (κ2) is 16.8. The van der Waals surface area contributed by atoms with E-state index in [-0.39, 0.29) is 19.3 Å². The Kier molecular flexibility index (Phi) is 13.9. The van der Waals surface area contributed by atoms with Gasteiger partial charge >= 0.3 is 14.2 Å². The van der Waals surface area contributed by atoms with Gasteiger partial charge in [0.05, 0.1) is 25.9 Å². The van der Waals surface area contributed by atoms with Gasteiger partial charge in [0.2, 0.25) is 0 Å². The van der Waals surface area contributed by atoms with Crippen molar-refractivity contribution in [2.45, 2.75) is 45.9 Å². The maximum atomic E-state index is 12.0. The lowest BCUT2D eigenvalue weighted by atomic mass is 9.99. The highest BCUT2D eigenvalue weighted by Crippen LogP contribution is 2.39. The van der Waals surface area contributed by atoms with Gasteiger partial charge in [-0.3, -0.25) is 14.3 Å². The van der Waals surface area contributed by atoms with Crippen LogP contribution in [0.25, 0.3) is 10.8 Å². The first kappa shape index (κ1) is 33.1. The van der Waals surface area contributed by atoms with Gasteiger partial charge in [0, 0.05) is 24.8 Å². The number of carbonyl (C=O) groups is 1. The number of H-pyrrole nitrogens is 1. The van der Waals surface area contributed by atoms with Gasteiger partial charge in [0.15, 0.2) is 0 Å². The highest BCUT2D eigenvalue weighted by molar-refractivity contribution is 7.45. The molecule has 1 saturated heterocycles. The van der Waals surface area contributed by atoms with E-state index in [1.54, 1.807) is 7.11 Å². The molecular formula is C29H40N3O7P. The molecule has 0 spiro atoms. The van der Waals surface area contributed by atoms with Crippen LogP contribution in [-0.2, 0) is 18.8 Å². The average molecular weight is 574 g/mol. The maximum absolute atomic E-state index is 12.0. The summed E-state index contributed by atoms with van der Waals surface area (Å²) in [4.78, 5) is 36.3. The van der Waals surface area contributed by atoms with Crippen LogP contribution >= 0.6 is 8.53 Å². The largest absolute Gasteiger partial charge is 0.435 e. The summed E-state index contributed by atoms with van der Waals surface area (Å²) in [5.74, 6) is 0.660. The molecule has 11 heteroatoms. The summed E-state index contributed by atoms with van der Waals surface area (Å²) in [5, 5.41) is 4.95. The van der Waals surface area contributed by atoms with Gasteiger partial charge in [-0.25, -0.2) is 9.88 Å². The summed E-state index contributed by atoms with van der Waals surface area (Å²) < 4.78 is 24.2. The van der Waals surface area contributed by atoms with Crippen LogP contribution in [0.2, 0.25) is 0 Å². The number of hydrogen-bond acceptors (Lipinski definition) is 8. The lowest BCUT2D eigenvalue weighted by Gasteiger charge is -2.21. The Morgan fingerprint density at radius 3 is 2.50 bits per heavy atom. The summed E-state index contributed by atoms with van der Waals surface area (Å²) in [6.45, 7) is 13.6. The fraction of sp³-hybridized carbons (Fsp3) is 0.414. The van der Waals surface area contributed by atoms with Crippen LogP contribution < -0.4 is 20.9 Å². The fourth-order valence-corrected chi connectivity index (χ4v) is 4.90. The fourth-order valence-electron chi connectivity index (χ4n) is 3.83. The van der Waals surface area contributed by atoms with Gasteiger partial charge in [-0.15, -0.1) is 13.2 Å². The molecule has 0 aliphatic carbocycles. The number of carbonyl (C=O) groups excluding carboxylic acids is 1. The van der Waals surface area contributed by atoms with Gasteiger partial charge in [-0.1, -0.05) is 57.2 Å². The van der Waals surface area contributed by atoms with Gasteiger partial charge in [0.1, 0.15) is 18.3 Å². The molecule has 1 aliphatic rings. The molecule has 3 unspecified atom stereocenters. The lowest BCUT2D eigenvalue weighted by molar-refractivity contribution is -0.106. The van der Waals surface area contributed by atoms with Crippen molar-refractivity contribution in [1.29, 1.82) is 0 Å². The minimum atomic E-state index is -1.59. The molecule has 10 nitrogen and oxygen atoms in total. The number of aromatic amines is 1. The normalized spacial score (nSPS) is 17.2. The van der Waals surface area contributed by atoms with E-state index in [1.165, 1.54) is 16.8 Å². The number of nitrogens with zero attached hydrogens (tertiary/aromatic N) is 1. The van der Waals surface area contributed by atoms with Crippen LogP contribution in [0.4, 0.5) is 0 Å². The number of fused-ring (bicyclic) bond motifs is 1. The molecule has 0 amide bonds. The van der Waals surface area contributed by atoms with Crippen molar-refractivity contribution in [3.63, 3.8) is 0 Å². The quantitative estimate of drug-likeness (QED) is 0.198. The molecule has 2 heterocycles. The highest BCUT2D eigenvalue weighted by Gasteiger charge is 2.29. The number of hydrogen-bond donors (Lipinski definition) is 2. The van der Waals surface area contributed by atoms with E-state index in [2.05, 4.69) is 44.0 Å². The van der Waals surface area contributed by atoms with Gasteiger partial charge in [0.25, 0.3) is 5.56 Å². The zero-order valence-electron chi connectivity index (χ0n) is 23.6. The van der Waals surface area contributed by atoms with Crippen LogP contribution in [0.1, 0.15) is 39.8 Å². The van der Waals surface area contributed by atoms with Crippen molar-refractivity contribution < 1.29 is 23.3 Å². The van der Waals surface area contributed by atoms with Crippen LogP contribution in [0.5, 0.6) is 5.75 Å². The first-order valence-electron chi connectivity index (χ1n) is 12.9. The first-order chi connectivity index (χ1) is 19.2. The molecule has 1 aliphatic heterocycles. The van der Waals surface area contributed by atoms with Crippen molar-refractivity contribution in [1.82, 2.24) is 14.6 Å². The van der Waals surface area contributed by atoms with Crippen molar-refractivity contribution in [3.05, 3.63) is 88.7 Å². The Bertz CT molecular complexity index is 1300. The van der Waals surface area contributed by atoms with E-state index in [1.807, 2.05) is 42.5 Å². The Morgan fingerprint density at radius 1 is 1.12 bits per heavy atom. The number of benzene rings is 2. The summed E-state index contributed by atoms with van der Waals surface area (Å²) in [7, 11) is 0.139. The SMILES string of the molecule is C=C.COCC(C)(C)C.O=CCNP(OCC1CCC(n2ccc(=O)[nH]c2=O)O1)Oc1cccc2ccccc12. The molecule has 0 radical (unpaired) electrons. The number of aromatic nitrogens is 2. The second-order valence-electron chi connectivity index (χ2n) is 9.95. The molecule has 3 atom stereocenters. The van der Waals surface area contributed by atoms with Crippen molar-refractivity contribution in [2.24, 2.45) is 5.41 Å². The molecule has 0 bridgehead atoms. The Hall–Kier alpha value is -3.14. The zero-order valence-corrected chi connectivity index (χ0v) is 24.5. The molecule has 3 aromatic rings. The number of ether oxygens (including phenoxy) is 2. The summed E-state index contributed by atoms with van der Waals surface area (Å²) >= 11 is 0. The van der Waals surface area contributed by atoms with Crippen molar-refractivity contribution >= 4 is 25.6 Å². The zero-order chi connectivity index (χ0) is 29.5. The topological polar surface area (TPSA) is 121 Å². The minimum absolute atomic E-state index is 0.0946. The van der Waals surface area contributed by atoms with E-state index in [9.17, 15) is 14.4 Å². The molecule has 40 heavy (non-hydrogen) atoms. The molecule has 2 aromatic carbocycles. The lowest BCUT2D eigenvalue weighted by Crippen LogP contribution is -2.31. The predicted molar refractivity (Wildman–Crippen MR) is 159 cm³/mol. The first-order valence-corrected chi connectivity index (χ1v) is 14.1. The van der Waals surface area contributed by atoms with Crippen LogP contribution in [0.3, 0.4) is 0 Å². The van der Waals surface area contributed by atoms with Crippen molar-refractivity contribution in [2.75, 3.05) is 26.9 Å². The average Bonchev–Trinajstić information content (AvgIpc) is 3.40. The second-order valence-corrected chi connectivity index (χ2v) is 11.2. The molecule has 0 saturated carbocycles. The third kappa shape index (κ3) is 10.8. The molecule has 4 rings (SSSR count).